The lowest BCUT2D eigenvalue weighted by molar-refractivity contribution is 1.07. The third-order valence-corrected chi connectivity index (χ3v) is 6.43. The van der Waals surface area contributed by atoms with Gasteiger partial charge in [0.05, 0.1) is 22.1 Å². The minimum atomic E-state index is 0.886. The summed E-state index contributed by atoms with van der Waals surface area (Å²) in [6.45, 7) is 0. The Bertz CT molecular complexity index is 1080. The van der Waals surface area contributed by atoms with E-state index in [4.69, 9.17) is 0 Å². The molecule has 5 rings (SSSR count). The Morgan fingerprint density at radius 3 is 1.46 bits per heavy atom. The summed E-state index contributed by atoms with van der Waals surface area (Å²) < 4.78 is 0. The van der Waals surface area contributed by atoms with E-state index in [2.05, 4.69) is 56.3 Å². The molecule has 0 aliphatic heterocycles. The predicted molar refractivity (Wildman–Crippen MR) is 118 cm³/mol. The first-order chi connectivity index (χ1) is 13.8. The van der Waals surface area contributed by atoms with Crippen LogP contribution in [0.3, 0.4) is 0 Å². The number of hydrogen-bond acceptors (Lipinski definition) is 4. The minimum absolute atomic E-state index is 0.886. The van der Waals surface area contributed by atoms with Crippen molar-refractivity contribution < 1.29 is 0 Å². The molecule has 5 aromatic rings. The molecule has 138 valence electrons. The average Bonchev–Trinajstić information content (AvgIpc) is 3.34. The first kappa shape index (κ1) is 17.4. The standard InChI is InChI=1S/C22H18N4S2/c1-2-8-16(14-28-22-25-19-11-5-6-12-20(19)26-22)15(7-1)13-27-21-23-17-9-3-4-10-18(17)24-21/h1-12H,13-14H2,(H,23,24)(H,25,26). The number of rotatable bonds is 6. The van der Waals surface area contributed by atoms with Gasteiger partial charge in [0, 0.05) is 11.5 Å². The molecule has 2 aromatic heterocycles. The summed E-state index contributed by atoms with van der Waals surface area (Å²) in [5.41, 5.74) is 6.85. The van der Waals surface area contributed by atoms with Gasteiger partial charge in [-0.15, -0.1) is 0 Å². The van der Waals surface area contributed by atoms with Crippen LogP contribution in [0, 0.1) is 0 Å². The van der Waals surface area contributed by atoms with Crippen LogP contribution in [0.1, 0.15) is 11.1 Å². The van der Waals surface area contributed by atoms with Crippen LogP contribution >= 0.6 is 23.5 Å². The minimum Gasteiger partial charge on any atom is -0.333 e. The van der Waals surface area contributed by atoms with Crippen LogP contribution in [0.5, 0.6) is 0 Å². The van der Waals surface area contributed by atoms with E-state index in [-0.39, 0.29) is 0 Å². The first-order valence-corrected chi connectivity index (χ1v) is 11.0. The van der Waals surface area contributed by atoms with Gasteiger partial charge in [0.25, 0.3) is 0 Å². The summed E-state index contributed by atoms with van der Waals surface area (Å²) in [5.74, 6) is 1.77. The monoisotopic (exact) mass is 402 g/mol. The van der Waals surface area contributed by atoms with Crippen LogP contribution < -0.4 is 0 Å². The Balaban J connectivity index is 1.29. The maximum absolute atomic E-state index is 4.66. The highest BCUT2D eigenvalue weighted by Crippen LogP contribution is 2.28. The van der Waals surface area contributed by atoms with Crippen molar-refractivity contribution in [2.24, 2.45) is 0 Å². The van der Waals surface area contributed by atoms with Gasteiger partial charge in [-0.05, 0) is 35.4 Å². The van der Waals surface area contributed by atoms with E-state index in [1.807, 2.05) is 36.4 Å². The van der Waals surface area contributed by atoms with Gasteiger partial charge >= 0.3 is 0 Å². The summed E-state index contributed by atoms with van der Waals surface area (Å²) in [6.07, 6.45) is 0. The van der Waals surface area contributed by atoms with Crippen molar-refractivity contribution in [3.05, 3.63) is 83.9 Å². The molecule has 0 spiro atoms. The zero-order valence-electron chi connectivity index (χ0n) is 15.1. The molecule has 0 radical (unpaired) electrons. The molecular formula is C22H18N4S2. The van der Waals surface area contributed by atoms with Crippen LogP contribution in [-0.2, 0) is 11.5 Å². The number of imidazole rings is 2. The number of aromatic amines is 2. The predicted octanol–water partition coefficient (Wildman–Crippen LogP) is 6.02. The van der Waals surface area contributed by atoms with Crippen molar-refractivity contribution in [3.63, 3.8) is 0 Å². The molecule has 2 heterocycles. The Kier molecular flexibility index (Phi) is 4.81. The number of H-pyrrole nitrogens is 2. The zero-order chi connectivity index (χ0) is 18.8. The maximum Gasteiger partial charge on any atom is 0.166 e. The molecule has 0 amide bonds. The van der Waals surface area contributed by atoms with Crippen molar-refractivity contribution >= 4 is 45.6 Å². The molecule has 0 aliphatic rings. The highest BCUT2D eigenvalue weighted by Gasteiger charge is 2.08. The molecule has 0 saturated heterocycles. The normalized spacial score (nSPS) is 11.4. The number of nitrogens with zero attached hydrogens (tertiary/aromatic N) is 2. The van der Waals surface area contributed by atoms with E-state index in [1.54, 1.807) is 23.5 Å². The van der Waals surface area contributed by atoms with E-state index >= 15 is 0 Å². The summed E-state index contributed by atoms with van der Waals surface area (Å²) >= 11 is 3.48. The fourth-order valence-electron chi connectivity index (χ4n) is 3.13. The molecule has 4 nitrogen and oxygen atoms in total. The van der Waals surface area contributed by atoms with Crippen molar-refractivity contribution in [1.82, 2.24) is 19.9 Å². The quantitative estimate of drug-likeness (QED) is 0.341. The summed E-state index contributed by atoms with van der Waals surface area (Å²) in [7, 11) is 0. The number of fused-ring (bicyclic) bond motifs is 2. The Morgan fingerprint density at radius 1 is 0.571 bits per heavy atom. The van der Waals surface area contributed by atoms with E-state index < -0.39 is 0 Å². The molecule has 0 atom stereocenters. The second-order valence-corrected chi connectivity index (χ2v) is 8.39. The van der Waals surface area contributed by atoms with Gasteiger partial charge in [-0.3, -0.25) is 0 Å². The molecule has 3 aromatic carbocycles. The van der Waals surface area contributed by atoms with Crippen molar-refractivity contribution in [1.29, 1.82) is 0 Å². The smallest absolute Gasteiger partial charge is 0.166 e. The molecule has 0 unspecified atom stereocenters. The SMILES string of the molecule is c1ccc(CSc2nc3ccccc3[nH]2)c(CSc2nc3ccccc3[nH]2)c1. The molecule has 2 N–H and O–H groups in total. The van der Waals surface area contributed by atoms with Crippen LogP contribution in [0.2, 0.25) is 0 Å². The third-order valence-electron chi connectivity index (χ3n) is 4.58. The number of hydrogen-bond donors (Lipinski definition) is 2. The summed E-state index contributed by atoms with van der Waals surface area (Å²) in [4.78, 5) is 16.1. The lowest BCUT2D eigenvalue weighted by Gasteiger charge is -2.07. The number of para-hydroxylation sites is 4. The van der Waals surface area contributed by atoms with Gasteiger partial charge in [-0.1, -0.05) is 72.1 Å². The number of benzene rings is 3. The molecule has 0 fully saturated rings. The van der Waals surface area contributed by atoms with E-state index in [0.29, 0.717) is 0 Å². The molecule has 0 aliphatic carbocycles. The zero-order valence-corrected chi connectivity index (χ0v) is 16.7. The summed E-state index contributed by atoms with van der Waals surface area (Å²) in [5, 5.41) is 1.92. The third kappa shape index (κ3) is 3.66. The highest BCUT2D eigenvalue weighted by molar-refractivity contribution is 7.98. The Labute approximate surface area is 171 Å². The van der Waals surface area contributed by atoms with Crippen LogP contribution in [-0.4, -0.2) is 19.9 Å². The van der Waals surface area contributed by atoms with E-state index in [0.717, 1.165) is 43.9 Å². The fraction of sp³-hybridized carbons (Fsp3) is 0.0909. The van der Waals surface area contributed by atoms with Crippen molar-refractivity contribution in [2.75, 3.05) is 0 Å². The number of thioether (sulfide) groups is 2. The number of aromatic nitrogens is 4. The Hall–Kier alpha value is -2.70. The molecule has 6 heteroatoms. The van der Waals surface area contributed by atoms with Crippen LogP contribution in [0.4, 0.5) is 0 Å². The fourth-order valence-corrected chi connectivity index (χ4v) is 4.96. The lowest BCUT2D eigenvalue weighted by Crippen LogP contribution is -1.91. The van der Waals surface area contributed by atoms with Gasteiger partial charge in [0.15, 0.2) is 10.3 Å². The van der Waals surface area contributed by atoms with Gasteiger partial charge in [-0.2, -0.15) is 0 Å². The van der Waals surface area contributed by atoms with Gasteiger partial charge in [0.1, 0.15) is 0 Å². The Morgan fingerprint density at radius 2 is 1.00 bits per heavy atom. The molecule has 0 bridgehead atoms. The molecule has 28 heavy (non-hydrogen) atoms. The average molecular weight is 403 g/mol. The largest absolute Gasteiger partial charge is 0.333 e. The number of nitrogens with one attached hydrogen (secondary N) is 2. The van der Waals surface area contributed by atoms with E-state index in [1.165, 1.54) is 11.1 Å². The molecule has 0 saturated carbocycles. The van der Waals surface area contributed by atoms with Gasteiger partial charge in [-0.25, -0.2) is 9.97 Å². The van der Waals surface area contributed by atoms with Crippen LogP contribution in [0.25, 0.3) is 22.1 Å². The van der Waals surface area contributed by atoms with Gasteiger partial charge < -0.3 is 9.97 Å². The second-order valence-electron chi connectivity index (χ2n) is 6.46. The second kappa shape index (κ2) is 7.73. The topological polar surface area (TPSA) is 57.4 Å². The highest BCUT2D eigenvalue weighted by atomic mass is 32.2. The van der Waals surface area contributed by atoms with Crippen molar-refractivity contribution in [3.8, 4) is 0 Å². The lowest BCUT2D eigenvalue weighted by atomic mass is 10.1. The van der Waals surface area contributed by atoms with Crippen molar-refractivity contribution in [2.45, 2.75) is 21.8 Å². The summed E-state index contributed by atoms with van der Waals surface area (Å²) in [6, 6.07) is 24.9. The first-order valence-electron chi connectivity index (χ1n) is 9.07. The van der Waals surface area contributed by atoms with E-state index in [9.17, 15) is 0 Å². The molecular weight excluding hydrogens is 384 g/mol. The van der Waals surface area contributed by atoms with Gasteiger partial charge in [0.2, 0.25) is 0 Å². The maximum atomic E-state index is 4.66. The van der Waals surface area contributed by atoms with Crippen LogP contribution in [0.15, 0.2) is 83.1 Å².